The van der Waals surface area contributed by atoms with Crippen molar-refractivity contribution < 1.29 is 9.53 Å². The van der Waals surface area contributed by atoms with Crippen molar-refractivity contribution in [3.05, 3.63) is 69.7 Å². The first-order valence-corrected chi connectivity index (χ1v) is 6.86. The summed E-state index contributed by atoms with van der Waals surface area (Å²) in [6, 6.07) is 15.4. The van der Waals surface area contributed by atoms with Gasteiger partial charge in [0.15, 0.2) is 5.78 Å². The van der Waals surface area contributed by atoms with E-state index in [4.69, 9.17) is 4.74 Å². The van der Waals surface area contributed by atoms with E-state index in [9.17, 15) is 4.79 Å². The number of halogens is 1. The van der Waals surface area contributed by atoms with Crippen LogP contribution in [-0.4, -0.2) is 12.4 Å². The molecule has 0 saturated carbocycles. The summed E-state index contributed by atoms with van der Waals surface area (Å²) in [5.41, 5.74) is 2.90. The maximum Gasteiger partial charge on any atom is 0.188 e. The molecule has 2 rings (SSSR count). The summed E-state index contributed by atoms with van der Waals surface area (Å²) in [7, 11) is 0. The van der Waals surface area contributed by atoms with Gasteiger partial charge in [0.1, 0.15) is 6.61 Å². The Hall–Kier alpha value is -1.45. The molecule has 0 fully saturated rings. The molecule has 2 nitrogen and oxygen atoms in total. The zero-order chi connectivity index (χ0) is 13.7. The SMILES string of the molecule is Cc1ccc(C(=O)COCc2ccc(Br)cc2)cc1. The van der Waals surface area contributed by atoms with Gasteiger partial charge in [-0.3, -0.25) is 4.79 Å². The molecule has 0 unspecified atom stereocenters. The average Bonchev–Trinajstić information content (AvgIpc) is 2.41. The van der Waals surface area contributed by atoms with Crippen molar-refractivity contribution in [2.45, 2.75) is 13.5 Å². The third-order valence-corrected chi connectivity index (χ3v) is 3.32. The van der Waals surface area contributed by atoms with Gasteiger partial charge < -0.3 is 4.74 Å². The van der Waals surface area contributed by atoms with Crippen molar-refractivity contribution in [3.8, 4) is 0 Å². The Balaban J connectivity index is 1.84. The monoisotopic (exact) mass is 318 g/mol. The summed E-state index contributed by atoms with van der Waals surface area (Å²) in [6.07, 6.45) is 0. The highest BCUT2D eigenvalue weighted by Crippen LogP contribution is 2.11. The number of Topliss-reactive ketones (excluding diaryl/α,β-unsaturated/α-hetero) is 1. The van der Waals surface area contributed by atoms with Gasteiger partial charge in [-0.05, 0) is 24.6 Å². The largest absolute Gasteiger partial charge is 0.369 e. The van der Waals surface area contributed by atoms with Gasteiger partial charge in [-0.2, -0.15) is 0 Å². The molecule has 0 radical (unpaired) electrons. The van der Waals surface area contributed by atoms with Crippen LogP contribution in [0.5, 0.6) is 0 Å². The molecule has 3 heteroatoms. The number of hydrogen-bond acceptors (Lipinski definition) is 2. The second-order valence-corrected chi connectivity index (χ2v) is 5.32. The zero-order valence-corrected chi connectivity index (χ0v) is 12.3. The summed E-state index contributed by atoms with van der Waals surface area (Å²) < 4.78 is 6.48. The van der Waals surface area contributed by atoms with Crippen LogP contribution in [0, 0.1) is 6.92 Å². The van der Waals surface area contributed by atoms with Crippen LogP contribution in [-0.2, 0) is 11.3 Å². The molecule has 0 aliphatic heterocycles. The fourth-order valence-corrected chi connectivity index (χ4v) is 1.93. The lowest BCUT2D eigenvalue weighted by molar-refractivity contribution is 0.0726. The number of rotatable bonds is 5. The number of aryl methyl sites for hydroxylation is 1. The standard InChI is InChI=1S/C16H15BrO2/c1-12-2-6-14(7-3-12)16(18)11-19-10-13-4-8-15(17)9-5-13/h2-9H,10-11H2,1H3. The molecule has 19 heavy (non-hydrogen) atoms. The van der Waals surface area contributed by atoms with Crippen LogP contribution >= 0.6 is 15.9 Å². The van der Waals surface area contributed by atoms with E-state index in [0.717, 1.165) is 15.6 Å². The molecule has 0 spiro atoms. The maximum absolute atomic E-state index is 11.9. The molecule has 0 aliphatic carbocycles. The van der Waals surface area contributed by atoms with Gasteiger partial charge in [-0.15, -0.1) is 0 Å². The minimum atomic E-state index is 0.0112. The van der Waals surface area contributed by atoms with Crippen LogP contribution in [0.25, 0.3) is 0 Å². The van der Waals surface area contributed by atoms with Gasteiger partial charge in [0, 0.05) is 10.0 Å². The van der Waals surface area contributed by atoms with Crippen molar-refractivity contribution in [1.82, 2.24) is 0 Å². The van der Waals surface area contributed by atoms with Gasteiger partial charge in [0.05, 0.1) is 6.61 Å². The molecule has 0 heterocycles. The van der Waals surface area contributed by atoms with E-state index in [1.165, 1.54) is 0 Å². The molecule has 2 aromatic carbocycles. The lowest BCUT2D eigenvalue weighted by Gasteiger charge is -2.04. The molecular formula is C16H15BrO2. The Labute approximate surface area is 121 Å². The van der Waals surface area contributed by atoms with Gasteiger partial charge in [0.25, 0.3) is 0 Å². The molecule has 0 aliphatic rings. The lowest BCUT2D eigenvalue weighted by atomic mass is 10.1. The van der Waals surface area contributed by atoms with Crippen LogP contribution in [0.4, 0.5) is 0 Å². The minimum Gasteiger partial charge on any atom is -0.369 e. The fraction of sp³-hybridized carbons (Fsp3) is 0.188. The van der Waals surface area contributed by atoms with E-state index in [1.807, 2.05) is 55.5 Å². The highest BCUT2D eigenvalue weighted by molar-refractivity contribution is 9.10. The molecule has 0 amide bonds. The third kappa shape index (κ3) is 4.30. The Kier molecular flexibility index (Phi) is 4.88. The van der Waals surface area contributed by atoms with Crippen molar-refractivity contribution in [2.24, 2.45) is 0 Å². The van der Waals surface area contributed by atoms with E-state index < -0.39 is 0 Å². The summed E-state index contributed by atoms with van der Waals surface area (Å²) >= 11 is 3.38. The number of benzene rings is 2. The highest BCUT2D eigenvalue weighted by atomic mass is 79.9. The Bertz CT molecular complexity index is 544. The van der Waals surface area contributed by atoms with Crippen LogP contribution in [0.1, 0.15) is 21.5 Å². The molecule has 0 bridgehead atoms. The summed E-state index contributed by atoms with van der Waals surface area (Å²) in [5, 5.41) is 0. The molecule has 2 aromatic rings. The normalized spacial score (nSPS) is 10.4. The van der Waals surface area contributed by atoms with Crippen LogP contribution in [0.15, 0.2) is 53.0 Å². The first kappa shape index (κ1) is 14.0. The number of hydrogen-bond donors (Lipinski definition) is 0. The zero-order valence-electron chi connectivity index (χ0n) is 10.7. The number of ether oxygens (including phenoxy) is 1. The van der Waals surface area contributed by atoms with Gasteiger partial charge >= 0.3 is 0 Å². The van der Waals surface area contributed by atoms with Crippen molar-refractivity contribution in [1.29, 1.82) is 0 Å². The molecule has 98 valence electrons. The summed E-state index contributed by atoms with van der Waals surface area (Å²) in [5.74, 6) is 0.0112. The molecular weight excluding hydrogens is 304 g/mol. The van der Waals surface area contributed by atoms with E-state index >= 15 is 0 Å². The average molecular weight is 319 g/mol. The number of carbonyl (C=O) groups is 1. The minimum absolute atomic E-state index is 0.0112. The van der Waals surface area contributed by atoms with Crippen LogP contribution in [0.2, 0.25) is 0 Å². The van der Waals surface area contributed by atoms with E-state index in [1.54, 1.807) is 0 Å². The van der Waals surface area contributed by atoms with Gasteiger partial charge in [0.2, 0.25) is 0 Å². The van der Waals surface area contributed by atoms with E-state index in [2.05, 4.69) is 15.9 Å². The summed E-state index contributed by atoms with van der Waals surface area (Å²) in [4.78, 5) is 11.9. The second-order valence-electron chi connectivity index (χ2n) is 4.41. The smallest absolute Gasteiger partial charge is 0.188 e. The number of carbonyl (C=O) groups excluding carboxylic acids is 1. The van der Waals surface area contributed by atoms with Crippen LogP contribution in [0.3, 0.4) is 0 Å². The van der Waals surface area contributed by atoms with Crippen molar-refractivity contribution in [2.75, 3.05) is 6.61 Å². The predicted molar refractivity (Wildman–Crippen MR) is 79.3 cm³/mol. The maximum atomic E-state index is 11.9. The van der Waals surface area contributed by atoms with Crippen LogP contribution < -0.4 is 0 Å². The fourth-order valence-electron chi connectivity index (χ4n) is 1.66. The highest BCUT2D eigenvalue weighted by Gasteiger charge is 2.05. The Morgan fingerprint density at radius 2 is 1.68 bits per heavy atom. The molecule has 0 N–H and O–H groups in total. The van der Waals surface area contributed by atoms with Gasteiger partial charge in [-0.25, -0.2) is 0 Å². The molecule has 0 aromatic heterocycles. The number of ketones is 1. The Morgan fingerprint density at radius 1 is 1.05 bits per heavy atom. The molecule has 0 saturated heterocycles. The topological polar surface area (TPSA) is 26.3 Å². The second kappa shape index (κ2) is 6.64. The Morgan fingerprint density at radius 3 is 2.32 bits per heavy atom. The third-order valence-electron chi connectivity index (χ3n) is 2.79. The molecule has 0 atom stereocenters. The van der Waals surface area contributed by atoms with Gasteiger partial charge in [-0.1, -0.05) is 57.9 Å². The summed E-state index contributed by atoms with van der Waals surface area (Å²) in [6.45, 7) is 2.56. The predicted octanol–water partition coefficient (Wildman–Crippen LogP) is 4.16. The lowest BCUT2D eigenvalue weighted by Crippen LogP contribution is -2.09. The van der Waals surface area contributed by atoms with E-state index in [-0.39, 0.29) is 12.4 Å². The van der Waals surface area contributed by atoms with E-state index in [0.29, 0.717) is 12.2 Å². The van der Waals surface area contributed by atoms with Crippen molar-refractivity contribution >= 4 is 21.7 Å². The first-order chi connectivity index (χ1) is 9.15. The quantitative estimate of drug-likeness (QED) is 0.774. The first-order valence-electron chi connectivity index (χ1n) is 6.07. The van der Waals surface area contributed by atoms with Crippen molar-refractivity contribution in [3.63, 3.8) is 0 Å².